The van der Waals surface area contributed by atoms with Gasteiger partial charge >= 0.3 is 5.97 Å². The minimum Gasteiger partial charge on any atom is -0.491 e. The summed E-state index contributed by atoms with van der Waals surface area (Å²) in [6.07, 6.45) is 0.666. The summed E-state index contributed by atoms with van der Waals surface area (Å²) < 4.78 is 37.9. The van der Waals surface area contributed by atoms with E-state index in [4.69, 9.17) is 15.2 Å². The first-order valence-electron chi connectivity index (χ1n) is 8.18. The molecule has 2 aromatic carbocycles. The van der Waals surface area contributed by atoms with Gasteiger partial charge in [-0.15, -0.1) is 0 Å². The Morgan fingerprint density at radius 3 is 2.58 bits per heavy atom. The van der Waals surface area contributed by atoms with Gasteiger partial charge in [0.2, 0.25) is 0 Å². The van der Waals surface area contributed by atoms with E-state index in [1.807, 2.05) is 0 Å². The van der Waals surface area contributed by atoms with E-state index in [0.29, 0.717) is 24.5 Å². The second-order valence-corrected chi connectivity index (χ2v) is 7.11. The highest BCUT2D eigenvalue weighted by Crippen LogP contribution is 2.29. The second-order valence-electron chi connectivity index (χ2n) is 5.43. The Morgan fingerprint density at radius 2 is 1.88 bits per heavy atom. The SMILES string of the molecule is CCOC(=O)CCCOc1cc(N)ccc1NS(=O)(=O)c1ccccc1. The molecule has 0 fully saturated rings. The third-order valence-electron chi connectivity index (χ3n) is 3.39. The maximum atomic E-state index is 12.5. The van der Waals surface area contributed by atoms with E-state index in [1.165, 1.54) is 24.3 Å². The van der Waals surface area contributed by atoms with Gasteiger partial charge in [0.15, 0.2) is 0 Å². The van der Waals surface area contributed by atoms with Crippen molar-refractivity contribution in [3.63, 3.8) is 0 Å². The first kappa shape index (κ1) is 19.6. The molecule has 2 rings (SSSR count). The number of sulfonamides is 1. The number of hydrogen-bond acceptors (Lipinski definition) is 6. The van der Waals surface area contributed by atoms with Crippen LogP contribution in [-0.4, -0.2) is 27.6 Å². The molecule has 0 heterocycles. The fourth-order valence-electron chi connectivity index (χ4n) is 2.18. The quantitative estimate of drug-likeness (QED) is 0.395. The molecule has 0 unspecified atom stereocenters. The molecule has 0 atom stereocenters. The molecular formula is C18H22N2O5S. The van der Waals surface area contributed by atoms with Crippen LogP contribution in [-0.2, 0) is 19.6 Å². The average molecular weight is 378 g/mol. The summed E-state index contributed by atoms with van der Waals surface area (Å²) in [7, 11) is -3.74. The molecule has 7 nitrogen and oxygen atoms in total. The van der Waals surface area contributed by atoms with Crippen molar-refractivity contribution in [1.82, 2.24) is 0 Å². The summed E-state index contributed by atoms with van der Waals surface area (Å²) >= 11 is 0. The average Bonchev–Trinajstić information content (AvgIpc) is 2.62. The second kappa shape index (κ2) is 9.10. The van der Waals surface area contributed by atoms with E-state index in [1.54, 1.807) is 31.2 Å². The van der Waals surface area contributed by atoms with Crippen LogP contribution in [0.5, 0.6) is 5.75 Å². The highest BCUT2D eigenvalue weighted by atomic mass is 32.2. The molecule has 0 aromatic heterocycles. The number of carbonyl (C=O) groups is 1. The van der Waals surface area contributed by atoms with Gasteiger partial charge in [-0.1, -0.05) is 18.2 Å². The third-order valence-corrected chi connectivity index (χ3v) is 4.77. The number of benzene rings is 2. The Bertz CT molecular complexity index is 838. The van der Waals surface area contributed by atoms with E-state index < -0.39 is 10.0 Å². The van der Waals surface area contributed by atoms with Crippen molar-refractivity contribution in [2.24, 2.45) is 0 Å². The van der Waals surface area contributed by atoms with Gasteiger partial charge in [0.25, 0.3) is 10.0 Å². The van der Waals surface area contributed by atoms with Gasteiger partial charge in [-0.3, -0.25) is 9.52 Å². The molecule has 8 heteroatoms. The topological polar surface area (TPSA) is 108 Å². The fraction of sp³-hybridized carbons (Fsp3) is 0.278. The number of esters is 1. The van der Waals surface area contributed by atoms with Gasteiger partial charge < -0.3 is 15.2 Å². The fourth-order valence-corrected chi connectivity index (χ4v) is 3.27. The van der Waals surface area contributed by atoms with E-state index in [9.17, 15) is 13.2 Å². The Kier molecular flexibility index (Phi) is 6.85. The molecule has 0 spiro atoms. The molecule has 2 aromatic rings. The van der Waals surface area contributed by atoms with Crippen LogP contribution in [0.15, 0.2) is 53.4 Å². The zero-order valence-electron chi connectivity index (χ0n) is 14.5. The summed E-state index contributed by atoms with van der Waals surface area (Å²) in [4.78, 5) is 11.5. The molecule has 0 bridgehead atoms. The molecular weight excluding hydrogens is 356 g/mol. The van der Waals surface area contributed by atoms with Crippen LogP contribution in [0.4, 0.5) is 11.4 Å². The molecule has 0 saturated carbocycles. The van der Waals surface area contributed by atoms with E-state index in [2.05, 4.69) is 4.72 Å². The summed E-state index contributed by atoms with van der Waals surface area (Å²) in [5.74, 6) is 0.00189. The number of carbonyl (C=O) groups excluding carboxylic acids is 1. The molecule has 26 heavy (non-hydrogen) atoms. The number of nitrogen functional groups attached to an aromatic ring is 1. The van der Waals surface area contributed by atoms with Gasteiger partial charge in [0, 0.05) is 18.2 Å². The Balaban J connectivity index is 2.06. The molecule has 0 saturated heterocycles. The normalized spacial score (nSPS) is 11.0. The van der Waals surface area contributed by atoms with Crippen molar-refractivity contribution in [2.45, 2.75) is 24.7 Å². The predicted octanol–water partition coefficient (Wildman–Crippen LogP) is 2.79. The van der Waals surface area contributed by atoms with E-state index >= 15 is 0 Å². The monoisotopic (exact) mass is 378 g/mol. The number of anilines is 2. The maximum Gasteiger partial charge on any atom is 0.305 e. The van der Waals surface area contributed by atoms with Crippen LogP contribution in [0.1, 0.15) is 19.8 Å². The summed E-state index contributed by atoms with van der Waals surface area (Å²) in [5.41, 5.74) is 6.48. The molecule has 140 valence electrons. The van der Waals surface area contributed by atoms with Crippen molar-refractivity contribution in [1.29, 1.82) is 0 Å². The lowest BCUT2D eigenvalue weighted by molar-refractivity contribution is -0.143. The number of rotatable bonds is 9. The van der Waals surface area contributed by atoms with Crippen molar-refractivity contribution in [2.75, 3.05) is 23.7 Å². The zero-order chi connectivity index (χ0) is 19.0. The number of hydrogen-bond donors (Lipinski definition) is 2. The highest BCUT2D eigenvalue weighted by Gasteiger charge is 2.16. The van der Waals surface area contributed by atoms with Crippen LogP contribution in [0.25, 0.3) is 0 Å². The Labute approximate surface area is 153 Å². The van der Waals surface area contributed by atoms with Gasteiger partial charge in [-0.2, -0.15) is 0 Å². The smallest absolute Gasteiger partial charge is 0.305 e. The Hall–Kier alpha value is -2.74. The van der Waals surface area contributed by atoms with Crippen LogP contribution in [0.2, 0.25) is 0 Å². The van der Waals surface area contributed by atoms with Crippen LogP contribution < -0.4 is 15.2 Å². The minimum absolute atomic E-state index is 0.144. The molecule has 0 aliphatic carbocycles. The lowest BCUT2D eigenvalue weighted by atomic mass is 10.2. The van der Waals surface area contributed by atoms with Crippen molar-refractivity contribution < 1.29 is 22.7 Å². The van der Waals surface area contributed by atoms with Gasteiger partial charge in [-0.05, 0) is 37.6 Å². The number of nitrogens with two attached hydrogens (primary N) is 1. The lowest BCUT2D eigenvalue weighted by Crippen LogP contribution is -2.14. The van der Waals surface area contributed by atoms with Crippen molar-refractivity contribution in [3.8, 4) is 5.75 Å². The van der Waals surface area contributed by atoms with E-state index in [-0.39, 0.29) is 29.6 Å². The van der Waals surface area contributed by atoms with Crippen molar-refractivity contribution >= 4 is 27.4 Å². The highest BCUT2D eigenvalue weighted by molar-refractivity contribution is 7.92. The molecule has 0 amide bonds. The van der Waals surface area contributed by atoms with Gasteiger partial charge in [-0.25, -0.2) is 8.42 Å². The van der Waals surface area contributed by atoms with Gasteiger partial charge in [0.05, 0.1) is 23.8 Å². The summed E-state index contributed by atoms with van der Waals surface area (Å²) in [6, 6.07) is 12.7. The molecule has 3 N–H and O–H groups in total. The van der Waals surface area contributed by atoms with Crippen LogP contribution in [0.3, 0.4) is 0 Å². The maximum absolute atomic E-state index is 12.5. The molecule has 0 aliphatic rings. The summed E-state index contributed by atoms with van der Waals surface area (Å²) in [5, 5.41) is 0. The first-order chi connectivity index (χ1) is 12.4. The zero-order valence-corrected chi connectivity index (χ0v) is 15.3. The third kappa shape index (κ3) is 5.66. The molecule has 0 radical (unpaired) electrons. The lowest BCUT2D eigenvalue weighted by Gasteiger charge is -2.14. The number of ether oxygens (including phenoxy) is 2. The molecule has 0 aliphatic heterocycles. The van der Waals surface area contributed by atoms with E-state index in [0.717, 1.165) is 0 Å². The van der Waals surface area contributed by atoms with Gasteiger partial charge in [0.1, 0.15) is 5.75 Å². The van der Waals surface area contributed by atoms with Crippen molar-refractivity contribution in [3.05, 3.63) is 48.5 Å². The minimum atomic E-state index is -3.74. The predicted molar refractivity (Wildman–Crippen MR) is 99.5 cm³/mol. The standard InChI is InChI=1S/C18H22N2O5S/c1-2-24-18(21)9-6-12-25-17-13-14(19)10-11-16(17)20-26(22,23)15-7-4-3-5-8-15/h3-5,7-8,10-11,13,20H,2,6,9,12,19H2,1H3. The Morgan fingerprint density at radius 1 is 1.15 bits per heavy atom. The first-order valence-corrected chi connectivity index (χ1v) is 9.66. The number of nitrogens with one attached hydrogen (secondary N) is 1. The van der Waals surface area contributed by atoms with Crippen LogP contribution >= 0.6 is 0 Å². The summed E-state index contributed by atoms with van der Waals surface area (Å²) in [6.45, 7) is 2.30. The van der Waals surface area contributed by atoms with Crippen LogP contribution in [0, 0.1) is 0 Å². The largest absolute Gasteiger partial charge is 0.491 e.